The lowest BCUT2D eigenvalue weighted by Crippen LogP contribution is -2.40. The molecule has 0 radical (unpaired) electrons. The van der Waals surface area contributed by atoms with E-state index in [0.717, 1.165) is 45.3 Å². The third-order valence-electron chi connectivity index (χ3n) is 4.08. The van der Waals surface area contributed by atoms with Crippen molar-refractivity contribution in [3.05, 3.63) is 29.8 Å². The zero-order valence-corrected chi connectivity index (χ0v) is 12.8. The van der Waals surface area contributed by atoms with Gasteiger partial charge in [0.25, 0.3) is 0 Å². The Labute approximate surface area is 125 Å². The van der Waals surface area contributed by atoms with Gasteiger partial charge in [0.15, 0.2) is 0 Å². The number of aliphatic hydroxyl groups excluding tert-OH is 1. The van der Waals surface area contributed by atoms with Gasteiger partial charge in [0.1, 0.15) is 5.82 Å². The first-order valence-electron chi connectivity index (χ1n) is 7.73. The largest absolute Gasteiger partial charge is 0.386 e. The van der Waals surface area contributed by atoms with E-state index in [-0.39, 0.29) is 11.7 Å². The van der Waals surface area contributed by atoms with Crippen LogP contribution in [0.2, 0.25) is 0 Å². The van der Waals surface area contributed by atoms with Crippen LogP contribution in [0, 0.1) is 11.7 Å². The molecule has 1 saturated heterocycles. The first-order chi connectivity index (χ1) is 10.1. The van der Waals surface area contributed by atoms with E-state index < -0.39 is 6.10 Å². The van der Waals surface area contributed by atoms with Crippen molar-refractivity contribution in [1.82, 2.24) is 9.88 Å². The summed E-state index contributed by atoms with van der Waals surface area (Å²) in [6, 6.07) is 2.89. The second-order valence-electron chi connectivity index (χ2n) is 5.78. The number of halogens is 1. The third kappa shape index (κ3) is 4.73. The number of ether oxygens (including phenoxy) is 1. The van der Waals surface area contributed by atoms with Gasteiger partial charge in [-0.25, -0.2) is 4.39 Å². The summed E-state index contributed by atoms with van der Waals surface area (Å²) >= 11 is 0. The normalized spacial score (nSPS) is 20.4. The minimum atomic E-state index is -0.657. The average molecular weight is 296 g/mol. The fraction of sp³-hybridized carbons (Fsp3) is 0.688. The topological polar surface area (TPSA) is 45.6 Å². The fourth-order valence-corrected chi connectivity index (χ4v) is 2.86. The van der Waals surface area contributed by atoms with Crippen molar-refractivity contribution in [3.8, 4) is 0 Å². The zero-order chi connectivity index (χ0) is 15.2. The smallest absolute Gasteiger partial charge is 0.141 e. The molecule has 0 amide bonds. The molecule has 118 valence electrons. The predicted molar refractivity (Wildman–Crippen MR) is 79.4 cm³/mol. The van der Waals surface area contributed by atoms with Gasteiger partial charge in [-0.1, -0.05) is 6.92 Å². The van der Waals surface area contributed by atoms with Crippen molar-refractivity contribution in [2.75, 3.05) is 26.2 Å². The maximum Gasteiger partial charge on any atom is 0.141 e. The van der Waals surface area contributed by atoms with Crippen molar-refractivity contribution in [2.45, 2.75) is 38.9 Å². The molecule has 2 rings (SSSR count). The monoisotopic (exact) mass is 296 g/mol. The molecule has 0 bridgehead atoms. The van der Waals surface area contributed by atoms with Gasteiger partial charge in [0, 0.05) is 32.2 Å². The number of aliphatic hydroxyl groups is 1. The Morgan fingerprint density at radius 3 is 2.71 bits per heavy atom. The lowest BCUT2D eigenvalue weighted by molar-refractivity contribution is 0.00389. The van der Waals surface area contributed by atoms with Crippen LogP contribution in [0.5, 0.6) is 0 Å². The van der Waals surface area contributed by atoms with Crippen LogP contribution in [0.1, 0.15) is 38.5 Å². The summed E-state index contributed by atoms with van der Waals surface area (Å²) in [4.78, 5) is 6.32. The Balaban J connectivity index is 1.81. The molecule has 1 aromatic rings. The number of nitrogens with zero attached hydrogens (tertiary/aromatic N) is 2. The highest BCUT2D eigenvalue weighted by Crippen LogP contribution is 2.23. The second-order valence-corrected chi connectivity index (χ2v) is 5.78. The first-order valence-corrected chi connectivity index (χ1v) is 7.73. The molecule has 1 fully saturated rings. The Morgan fingerprint density at radius 2 is 2.14 bits per heavy atom. The van der Waals surface area contributed by atoms with Crippen LogP contribution in [-0.2, 0) is 4.74 Å². The highest BCUT2D eigenvalue weighted by atomic mass is 19.1. The van der Waals surface area contributed by atoms with E-state index in [9.17, 15) is 9.50 Å². The van der Waals surface area contributed by atoms with Crippen molar-refractivity contribution in [2.24, 2.45) is 5.92 Å². The van der Waals surface area contributed by atoms with Gasteiger partial charge >= 0.3 is 0 Å². The molecule has 2 atom stereocenters. The number of pyridine rings is 1. The molecule has 4 nitrogen and oxygen atoms in total. The molecule has 1 aliphatic heterocycles. The molecule has 0 spiro atoms. The van der Waals surface area contributed by atoms with Crippen LogP contribution in [0.4, 0.5) is 4.39 Å². The van der Waals surface area contributed by atoms with Gasteiger partial charge in [-0.15, -0.1) is 0 Å². The Bertz CT molecular complexity index is 419. The van der Waals surface area contributed by atoms with Crippen LogP contribution in [0.25, 0.3) is 0 Å². The van der Waals surface area contributed by atoms with Crippen molar-refractivity contribution in [1.29, 1.82) is 0 Å². The van der Waals surface area contributed by atoms with E-state index >= 15 is 0 Å². The molecular formula is C16H25FN2O2. The van der Waals surface area contributed by atoms with Gasteiger partial charge in [-0.3, -0.25) is 4.98 Å². The number of aromatic nitrogens is 1. The van der Waals surface area contributed by atoms with Crippen molar-refractivity contribution < 1.29 is 14.2 Å². The van der Waals surface area contributed by atoms with Crippen LogP contribution in [-0.4, -0.2) is 47.3 Å². The molecule has 1 N–H and O–H groups in total. The predicted octanol–water partition coefficient (Wildman–Crippen LogP) is 2.39. The zero-order valence-electron chi connectivity index (χ0n) is 12.8. The summed E-state index contributed by atoms with van der Waals surface area (Å²) in [5.41, 5.74) is 0.535. The molecule has 1 aliphatic rings. The number of rotatable bonds is 6. The molecule has 5 heteroatoms. The van der Waals surface area contributed by atoms with Crippen LogP contribution in [0.3, 0.4) is 0 Å². The van der Waals surface area contributed by atoms with Crippen molar-refractivity contribution in [3.63, 3.8) is 0 Å². The Hall–Kier alpha value is -1.04. The van der Waals surface area contributed by atoms with E-state index in [1.54, 1.807) is 6.07 Å². The lowest BCUT2D eigenvalue weighted by Gasteiger charge is -2.34. The number of hydrogen-bond acceptors (Lipinski definition) is 4. The number of hydrogen-bond donors (Lipinski definition) is 1. The highest BCUT2D eigenvalue weighted by molar-refractivity contribution is 5.08. The summed E-state index contributed by atoms with van der Waals surface area (Å²) in [6.45, 7) is 7.62. The molecule has 21 heavy (non-hydrogen) atoms. The number of piperidine rings is 1. The summed E-state index contributed by atoms with van der Waals surface area (Å²) in [7, 11) is 0. The quantitative estimate of drug-likeness (QED) is 0.875. The summed E-state index contributed by atoms with van der Waals surface area (Å²) in [5.74, 6) is -0.316. The summed E-state index contributed by atoms with van der Waals surface area (Å²) < 4.78 is 18.5. The van der Waals surface area contributed by atoms with E-state index in [1.807, 2.05) is 13.8 Å². The fourth-order valence-electron chi connectivity index (χ4n) is 2.86. The summed E-state index contributed by atoms with van der Waals surface area (Å²) in [6.07, 6.45) is 2.97. The third-order valence-corrected chi connectivity index (χ3v) is 4.08. The van der Waals surface area contributed by atoms with Crippen LogP contribution < -0.4 is 0 Å². The highest BCUT2D eigenvalue weighted by Gasteiger charge is 2.24. The first kappa shape index (κ1) is 16.3. The van der Waals surface area contributed by atoms with Gasteiger partial charge in [0.05, 0.1) is 24.1 Å². The van der Waals surface area contributed by atoms with Gasteiger partial charge in [-0.2, -0.15) is 0 Å². The van der Waals surface area contributed by atoms with Gasteiger partial charge in [0.2, 0.25) is 0 Å². The molecule has 0 saturated carbocycles. The average Bonchev–Trinajstić information content (AvgIpc) is 2.49. The summed E-state index contributed by atoms with van der Waals surface area (Å²) in [5, 5.41) is 10.3. The van der Waals surface area contributed by atoms with Crippen LogP contribution >= 0.6 is 0 Å². The van der Waals surface area contributed by atoms with E-state index in [2.05, 4.69) is 9.88 Å². The second kappa shape index (κ2) is 7.82. The van der Waals surface area contributed by atoms with Crippen molar-refractivity contribution >= 4 is 0 Å². The van der Waals surface area contributed by atoms with E-state index in [1.165, 1.54) is 6.07 Å². The van der Waals surface area contributed by atoms with E-state index in [4.69, 9.17) is 4.74 Å². The minimum Gasteiger partial charge on any atom is -0.386 e. The Kier molecular flexibility index (Phi) is 6.08. The van der Waals surface area contributed by atoms with E-state index in [0.29, 0.717) is 11.8 Å². The molecule has 2 heterocycles. The molecule has 0 aromatic carbocycles. The van der Waals surface area contributed by atoms with Crippen LogP contribution in [0.15, 0.2) is 18.3 Å². The SMILES string of the molecule is CCOC1CCN(CC(C)C(O)c2ccc(F)cn2)CC1. The minimum absolute atomic E-state index is 0.0617. The maximum absolute atomic E-state index is 12.9. The van der Waals surface area contributed by atoms with Gasteiger partial charge in [-0.05, 0) is 31.9 Å². The lowest BCUT2D eigenvalue weighted by atomic mass is 9.99. The number of likely N-dealkylation sites (tertiary alicyclic amines) is 1. The Morgan fingerprint density at radius 1 is 1.43 bits per heavy atom. The molecular weight excluding hydrogens is 271 g/mol. The standard InChI is InChI=1S/C16H25FN2O2/c1-3-21-14-6-8-19(9-7-14)11-12(2)16(20)15-5-4-13(17)10-18-15/h4-5,10,12,14,16,20H,3,6-9,11H2,1-2H3. The molecule has 2 unspecified atom stereocenters. The van der Waals surface area contributed by atoms with Gasteiger partial charge < -0.3 is 14.7 Å². The molecule has 1 aromatic heterocycles. The maximum atomic E-state index is 12.9. The molecule has 0 aliphatic carbocycles.